The lowest BCUT2D eigenvalue weighted by Crippen LogP contribution is -2.25. The number of aliphatic carboxylic acids is 2. The summed E-state index contributed by atoms with van der Waals surface area (Å²) < 4.78 is 0. The molecule has 1 aliphatic heterocycles. The van der Waals surface area contributed by atoms with Gasteiger partial charge < -0.3 is 15.5 Å². The zero-order chi connectivity index (χ0) is 14.0. The molecule has 3 N–H and O–H groups in total. The monoisotopic (exact) mass is 279 g/mol. The molecule has 1 aliphatic rings. The molecule has 0 aromatic heterocycles. The molecule has 1 aromatic carbocycles. The van der Waals surface area contributed by atoms with Crippen molar-refractivity contribution in [3.05, 3.63) is 58.4 Å². The van der Waals surface area contributed by atoms with Gasteiger partial charge in [0, 0.05) is 17.4 Å². The van der Waals surface area contributed by atoms with Crippen molar-refractivity contribution in [3.63, 3.8) is 0 Å². The van der Waals surface area contributed by atoms with Crippen molar-refractivity contribution in [1.82, 2.24) is 5.32 Å². The summed E-state index contributed by atoms with van der Waals surface area (Å²) in [5.74, 6) is -3.28. The number of rotatable bonds is 3. The summed E-state index contributed by atoms with van der Waals surface area (Å²) in [5.41, 5.74) is 0.328. The second kappa shape index (κ2) is 5.16. The zero-order valence-electron chi connectivity index (χ0n) is 9.63. The van der Waals surface area contributed by atoms with Crippen molar-refractivity contribution in [3.8, 4) is 0 Å². The SMILES string of the molecule is O=C(O)C1=CNC=C(C(=O)O)C1c1ccccc1Cl. The number of hydrogen-bond acceptors (Lipinski definition) is 3. The maximum absolute atomic E-state index is 11.2. The third-order valence-electron chi connectivity index (χ3n) is 2.81. The predicted octanol–water partition coefficient (Wildman–Crippen LogP) is 1.96. The number of carboxylic acid groups (broad SMARTS) is 2. The first-order chi connectivity index (χ1) is 9.02. The van der Waals surface area contributed by atoms with Crippen LogP contribution in [0, 0.1) is 0 Å². The standard InChI is InChI=1S/C13H10ClNO4/c14-10-4-2-1-3-7(10)11-8(12(16)17)5-15-6-9(11)13(18)19/h1-6,11,15H,(H,16,17)(H,18,19). The molecule has 19 heavy (non-hydrogen) atoms. The van der Waals surface area contributed by atoms with E-state index in [2.05, 4.69) is 5.32 Å². The molecule has 2 rings (SSSR count). The van der Waals surface area contributed by atoms with Gasteiger partial charge in [-0.05, 0) is 11.6 Å². The molecule has 98 valence electrons. The molecule has 0 unspecified atom stereocenters. The van der Waals surface area contributed by atoms with Crippen molar-refractivity contribution in [1.29, 1.82) is 0 Å². The third kappa shape index (κ3) is 2.46. The highest BCUT2D eigenvalue weighted by atomic mass is 35.5. The van der Waals surface area contributed by atoms with Crippen LogP contribution < -0.4 is 5.32 Å². The summed E-state index contributed by atoms with van der Waals surface area (Å²) in [6, 6.07) is 6.59. The van der Waals surface area contributed by atoms with Crippen LogP contribution >= 0.6 is 11.6 Å². The molecule has 0 amide bonds. The van der Waals surface area contributed by atoms with Crippen molar-refractivity contribution in [2.75, 3.05) is 0 Å². The van der Waals surface area contributed by atoms with Gasteiger partial charge in [0.2, 0.25) is 0 Å². The van der Waals surface area contributed by atoms with Gasteiger partial charge in [-0.15, -0.1) is 0 Å². The largest absolute Gasteiger partial charge is 0.478 e. The quantitative estimate of drug-likeness (QED) is 0.787. The molecule has 0 fully saturated rings. The number of halogens is 1. The molecule has 0 bridgehead atoms. The third-order valence-corrected chi connectivity index (χ3v) is 3.15. The van der Waals surface area contributed by atoms with E-state index in [1.165, 1.54) is 12.4 Å². The van der Waals surface area contributed by atoms with Crippen LogP contribution in [0.1, 0.15) is 11.5 Å². The van der Waals surface area contributed by atoms with Crippen LogP contribution in [0.25, 0.3) is 0 Å². The predicted molar refractivity (Wildman–Crippen MR) is 68.8 cm³/mol. The minimum atomic E-state index is -1.19. The Kier molecular flexibility index (Phi) is 3.57. The van der Waals surface area contributed by atoms with Crippen molar-refractivity contribution in [2.24, 2.45) is 0 Å². The lowest BCUT2D eigenvalue weighted by molar-refractivity contribution is -0.133. The van der Waals surface area contributed by atoms with E-state index in [-0.39, 0.29) is 11.1 Å². The lowest BCUT2D eigenvalue weighted by atomic mass is 9.84. The fourth-order valence-corrected chi connectivity index (χ4v) is 2.21. The first-order valence-electron chi connectivity index (χ1n) is 5.39. The number of benzene rings is 1. The van der Waals surface area contributed by atoms with E-state index in [9.17, 15) is 19.8 Å². The first kappa shape index (κ1) is 13.2. The van der Waals surface area contributed by atoms with Crippen LogP contribution in [0.2, 0.25) is 5.02 Å². The highest BCUT2D eigenvalue weighted by Crippen LogP contribution is 2.37. The molecule has 1 aromatic rings. The van der Waals surface area contributed by atoms with E-state index >= 15 is 0 Å². The van der Waals surface area contributed by atoms with Crippen LogP contribution in [-0.2, 0) is 9.59 Å². The number of carboxylic acids is 2. The van der Waals surface area contributed by atoms with E-state index in [4.69, 9.17) is 11.6 Å². The molecular formula is C13H10ClNO4. The Bertz CT molecular complexity index is 576. The van der Waals surface area contributed by atoms with Gasteiger partial charge in [-0.2, -0.15) is 0 Å². The van der Waals surface area contributed by atoms with Gasteiger partial charge in [0.15, 0.2) is 0 Å². The number of dihydropyridines is 1. The van der Waals surface area contributed by atoms with Crippen LogP contribution in [0.4, 0.5) is 0 Å². The van der Waals surface area contributed by atoms with Crippen molar-refractivity contribution < 1.29 is 19.8 Å². The molecule has 0 atom stereocenters. The van der Waals surface area contributed by atoms with Gasteiger partial charge in [-0.25, -0.2) is 9.59 Å². The number of hydrogen-bond donors (Lipinski definition) is 3. The minimum Gasteiger partial charge on any atom is -0.478 e. The van der Waals surface area contributed by atoms with E-state index in [0.29, 0.717) is 10.6 Å². The maximum Gasteiger partial charge on any atom is 0.334 e. The van der Waals surface area contributed by atoms with Crippen molar-refractivity contribution in [2.45, 2.75) is 5.92 Å². The van der Waals surface area contributed by atoms with E-state index in [1.54, 1.807) is 24.3 Å². The molecule has 0 saturated heterocycles. The summed E-state index contributed by atoms with van der Waals surface area (Å²) in [6.07, 6.45) is 2.53. The van der Waals surface area contributed by atoms with Crippen LogP contribution in [-0.4, -0.2) is 22.2 Å². The summed E-state index contributed by atoms with van der Waals surface area (Å²) in [7, 11) is 0. The summed E-state index contributed by atoms with van der Waals surface area (Å²) in [5, 5.41) is 21.2. The molecule has 0 spiro atoms. The Morgan fingerprint density at radius 1 is 1.05 bits per heavy atom. The first-order valence-corrected chi connectivity index (χ1v) is 5.77. The van der Waals surface area contributed by atoms with Gasteiger partial charge in [0.05, 0.1) is 17.1 Å². The van der Waals surface area contributed by atoms with Gasteiger partial charge in [0.25, 0.3) is 0 Å². The van der Waals surface area contributed by atoms with Crippen LogP contribution in [0.5, 0.6) is 0 Å². The lowest BCUT2D eigenvalue weighted by Gasteiger charge is -2.23. The fourth-order valence-electron chi connectivity index (χ4n) is 1.97. The minimum absolute atomic E-state index is 0.0620. The zero-order valence-corrected chi connectivity index (χ0v) is 10.4. The molecular weight excluding hydrogens is 270 g/mol. The topological polar surface area (TPSA) is 86.6 Å². The molecule has 6 heteroatoms. The van der Waals surface area contributed by atoms with Gasteiger partial charge >= 0.3 is 11.9 Å². The molecule has 0 radical (unpaired) electrons. The Morgan fingerprint density at radius 3 is 2.05 bits per heavy atom. The van der Waals surface area contributed by atoms with Gasteiger partial charge in [0.1, 0.15) is 0 Å². The Hall–Kier alpha value is -2.27. The molecule has 0 saturated carbocycles. The highest BCUT2D eigenvalue weighted by molar-refractivity contribution is 6.31. The van der Waals surface area contributed by atoms with Crippen molar-refractivity contribution >= 4 is 23.5 Å². The molecule has 1 heterocycles. The van der Waals surface area contributed by atoms with E-state index in [0.717, 1.165) is 0 Å². The average molecular weight is 280 g/mol. The Morgan fingerprint density at radius 2 is 1.58 bits per heavy atom. The Labute approximate surface area is 113 Å². The van der Waals surface area contributed by atoms with Gasteiger partial charge in [-0.3, -0.25) is 0 Å². The van der Waals surface area contributed by atoms with E-state index in [1.807, 2.05) is 0 Å². The highest BCUT2D eigenvalue weighted by Gasteiger charge is 2.33. The number of nitrogens with one attached hydrogen (secondary N) is 1. The fraction of sp³-hybridized carbons (Fsp3) is 0.0769. The average Bonchev–Trinajstić information content (AvgIpc) is 2.38. The summed E-state index contributed by atoms with van der Waals surface area (Å²) in [4.78, 5) is 22.5. The molecule has 0 aliphatic carbocycles. The number of carbonyl (C=O) groups is 2. The van der Waals surface area contributed by atoms with Crippen LogP contribution in [0.3, 0.4) is 0 Å². The maximum atomic E-state index is 11.2. The second-order valence-corrected chi connectivity index (χ2v) is 4.34. The van der Waals surface area contributed by atoms with E-state index < -0.39 is 17.9 Å². The van der Waals surface area contributed by atoms with Crippen LogP contribution in [0.15, 0.2) is 47.8 Å². The Balaban J connectivity index is 2.58. The summed E-state index contributed by atoms with van der Waals surface area (Å²) >= 11 is 6.04. The molecule has 5 nitrogen and oxygen atoms in total. The second-order valence-electron chi connectivity index (χ2n) is 3.93. The summed E-state index contributed by atoms with van der Waals surface area (Å²) in [6.45, 7) is 0. The smallest absolute Gasteiger partial charge is 0.334 e. The van der Waals surface area contributed by atoms with Gasteiger partial charge in [-0.1, -0.05) is 29.8 Å². The normalized spacial score (nSPS) is 15.2.